The number of hydrogen-bond donors (Lipinski definition) is 1. The Balaban J connectivity index is 1.49. The maximum absolute atomic E-state index is 13.1. The Morgan fingerprint density at radius 1 is 1.33 bits per heavy atom. The molecular weight excluding hydrogens is 325 g/mol. The van der Waals surface area contributed by atoms with Gasteiger partial charge in [0.25, 0.3) is 0 Å². The number of nitrogens with two attached hydrogens (primary N) is 1. The standard InChI is InChI=1S/C17H22FN5S/c1-13-12-15(18)3-2-14(13)4-5-20-16(19)22-7-9-23(10-8-22)17-21-6-11-24-17/h2-3,6,11-12H,4-5,7-10H2,1H3,(H2,19,20). The second kappa shape index (κ2) is 7.61. The van der Waals surface area contributed by atoms with Gasteiger partial charge in [-0.2, -0.15) is 0 Å². The first-order valence-electron chi connectivity index (χ1n) is 8.08. The molecule has 0 radical (unpaired) electrons. The van der Waals surface area contributed by atoms with E-state index in [0.29, 0.717) is 12.5 Å². The second-order valence-electron chi connectivity index (χ2n) is 5.85. The summed E-state index contributed by atoms with van der Waals surface area (Å²) in [5, 5.41) is 3.06. The molecule has 1 aliphatic heterocycles. The fourth-order valence-corrected chi connectivity index (χ4v) is 3.53. The highest BCUT2D eigenvalue weighted by molar-refractivity contribution is 7.13. The number of aryl methyl sites for hydroxylation is 1. The number of halogens is 1. The van der Waals surface area contributed by atoms with Crippen LogP contribution in [0.3, 0.4) is 0 Å². The van der Waals surface area contributed by atoms with E-state index in [0.717, 1.165) is 48.9 Å². The van der Waals surface area contributed by atoms with Crippen LogP contribution in [0.25, 0.3) is 0 Å². The Morgan fingerprint density at radius 3 is 2.79 bits per heavy atom. The van der Waals surface area contributed by atoms with E-state index in [2.05, 4.69) is 19.8 Å². The second-order valence-corrected chi connectivity index (χ2v) is 6.72. The Bertz CT molecular complexity index is 693. The van der Waals surface area contributed by atoms with Crippen LogP contribution in [0.4, 0.5) is 9.52 Å². The summed E-state index contributed by atoms with van der Waals surface area (Å²) in [5.74, 6) is 0.394. The van der Waals surface area contributed by atoms with Gasteiger partial charge >= 0.3 is 0 Å². The lowest BCUT2D eigenvalue weighted by molar-refractivity contribution is 0.380. The number of piperazine rings is 1. The van der Waals surface area contributed by atoms with Crippen LogP contribution in [0.5, 0.6) is 0 Å². The molecule has 0 bridgehead atoms. The predicted octanol–water partition coefficient (Wildman–Crippen LogP) is 2.27. The minimum atomic E-state index is -0.197. The summed E-state index contributed by atoms with van der Waals surface area (Å²) in [7, 11) is 0. The topological polar surface area (TPSA) is 57.8 Å². The molecule has 5 nitrogen and oxygen atoms in total. The number of aromatic nitrogens is 1. The fraction of sp³-hybridized carbons (Fsp3) is 0.412. The molecule has 0 atom stereocenters. The van der Waals surface area contributed by atoms with Gasteiger partial charge in [0, 0.05) is 44.3 Å². The molecule has 0 spiro atoms. The van der Waals surface area contributed by atoms with Crippen molar-refractivity contribution in [2.24, 2.45) is 10.7 Å². The number of thiazole rings is 1. The third-order valence-corrected chi connectivity index (χ3v) is 5.09. The first-order chi connectivity index (χ1) is 11.6. The molecule has 0 aliphatic carbocycles. The summed E-state index contributed by atoms with van der Waals surface area (Å²) in [4.78, 5) is 13.2. The van der Waals surface area contributed by atoms with Gasteiger partial charge in [0.1, 0.15) is 5.82 Å². The van der Waals surface area contributed by atoms with Crippen LogP contribution >= 0.6 is 11.3 Å². The summed E-state index contributed by atoms with van der Waals surface area (Å²) in [5.41, 5.74) is 8.19. The summed E-state index contributed by atoms with van der Waals surface area (Å²) in [6, 6.07) is 4.87. The number of aliphatic imine (C=N–C) groups is 1. The molecule has 1 aromatic carbocycles. The Kier molecular flexibility index (Phi) is 5.30. The maximum Gasteiger partial charge on any atom is 0.191 e. The van der Waals surface area contributed by atoms with Crippen molar-refractivity contribution in [2.45, 2.75) is 13.3 Å². The highest BCUT2D eigenvalue weighted by atomic mass is 32.1. The largest absolute Gasteiger partial charge is 0.370 e. The summed E-state index contributed by atoms with van der Waals surface area (Å²) in [6.45, 7) is 6.05. The van der Waals surface area contributed by atoms with E-state index < -0.39 is 0 Å². The molecule has 1 aromatic heterocycles. The smallest absolute Gasteiger partial charge is 0.191 e. The van der Waals surface area contributed by atoms with E-state index in [-0.39, 0.29) is 5.82 Å². The van der Waals surface area contributed by atoms with Crippen molar-refractivity contribution >= 4 is 22.4 Å². The van der Waals surface area contributed by atoms with Gasteiger partial charge in [-0.05, 0) is 36.6 Å². The predicted molar refractivity (Wildman–Crippen MR) is 97.2 cm³/mol. The Labute approximate surface area is 145 Å². The van der Waals surface area contributed by atoms with E-state index in [4.69, 9.17) is 5.73 Å². The highest BCUT2D eigenvalue weighted by Crippen LogP contribution is 2.18. The number of rotatable bonds is 4. The van der Waals surface area contributed by atoms with E-state index in [1.807, 2.05) is 24.6 Å². The molecule has 1 fully saturated rings. The van der Waals surface area contributed by atoms with Crippen molar-refractivity contribution < 1.29 is 4.39 Å². The maximum atomic E-state index is 13.1. The Morgan fingerprint density at radius 2 is 2.12 bits per heavy atom. The van der Waals surface area contributed by atoms with Gasteiger partial charge in [0.05, 0.1) is 0 Å². The van der Waals surface area contributed by atoms with E-state index in [1.54, 1.807) is 17.4 Å². The number of benzene rings is 1. The van der Waals surface area contributed by atoms with Crippen LogP contribution in [0.1, 0.15) is 11.1 Å². The van der Waals surface area contributed by atoms with Crippen molar-refractivity contribution in [3.63, 3.8) is 0 Å². The molecule has 2 N–H and O–H groups in total. The SMILES string of the molecule is Cc1cc(F)ccc1CCN=C(N)N1CCN(c2nccs2)CC1. The number of guanidine groups is 1. The zero-order valence-corrected chi connectivity index (χ0v) is 14.6. The third-order valence-electron chi connectivity index (χ3n) is 4.25. The van der Waals surface area contributed by atoms with Gasteiger partial charge in [-0.25, -0.2) is 9.37 Å². The molecule has 1 aliphatic rings. The molecule has 2 aromatic rings. The van der Waals surface area contributed by atoms with Crippen molar-refractivity contribution in [1.82, 2.24) is 9.88 Å². The molecule has 1 saturated heterocycles. The molecule has 0 saturated carbocycles. The lowest BCUT2D eigenvalue weighted by Gasteiger charge is -2.35. The van der Waals surface area contributed by atoms with Gasteiger partial charge in [-0.15, -0.1) is 11.3 Å². The first kappa shape index (κ1) is 16.7. The quantitative estimate of drug-likeness (QED) is 0.681. The third kappa shape index (κ3) is 4.03. The minimum absolute atomic E-state index is 0.197. The molecule has 0 unspecified atom stereocenters. The Hall–Kier alpha value is -2.15. The first-order valence-corrected chi connectivity index (χ1v) is 8.96. The summed E-state index contributed by atoms with van der Waals surface area (Å²) >= 11 is 1.66. The zero-order valence-electron chi connectivity index (χ0n) is 13.8. The van der Waals surface area contributed by atoms with Gasteiger partial charge in [-0.3, -0.25) is 4.99 Å². The number of anilines is 1. The van der Waals surface area contributed by atoms with E-state index in [1.165, 1.54) is 6.07 Å². The van der Waals surface area contributed by atoms with Crippen LogP contribution < -0.4 is 10.6 Å². The number of hydrogen-bond acceptors (Lipinski definition) is 4. The lowest BCUT2D eigenvalue weighted by atomic mass is 10.1. The molecule has 3 rings (SSSR count). The fourth-order valence-electron chi connectivity index (χ4n) is 2.83. The van der Waals surface area contributed by atoms with Crippen LogP contribution in [-0.4, -0.2) is 48.6 Å². The van der Waals surface area contributed by atoms with Crippen LogP contribution in [0.2, 0.25) is 0 Å². The molecule has 7 heteroatoms. The number of nitrogens with zero attached hydrogens (tertiary/aromatic N) is 4. The van der Waals surface area contributed by atoms with Crippen molar-refractivity contribution in [3.05, 3.63) is 46.7 Å². The van der Waals surface area contributed by atoms with Crippen LogP contribution in [0.15, 0.2) is 34.8 Å². The summed E-state index contributed by atoms with van der Waals surface area (Å²) in [6.07, 6.45) is 2.60. The minimum Gasteiger partial charge on any atom is -0.370 e. The average molecular weight is 347 g/mol. The molecular formula is C17H22FN5S. The van der Waals surface area contributed by atoms with Crippen LogP contribution in [-0.2, 0) is 6.42 Å². The highest BCUT2D eigenvalue weighted by Gasteiger charge is 2.19. The average Bonchev–Trinajstić information content (AvgIpc) is 3.11. The van der Waals surface area contributed by atoms with Gasteiger partial charge in [0.15, 0.2) is 11.1 Å². The zero-order chi connectivity index (χ0) is 16.9. The summed E-state index contributed by atoms with van der Waals surface area (Å²) < 4.78 is 13.1. The van der Waals surface area contributed by atoms with Crippen molar-refractivity contribution in [2.75, 3.05) is 37.6 Å². The van der Waals surface area contributed by atoms with Gasteiger partial charge in [0.2, 0.25) is 0 Å². The van der Waals surface area contributed by atoms with E-state index in [9.17, 15) is 4.39 Å². The molecule has 2 heterocycles. The van der Waals surface area contributed by atoms with Crippen molar-refractivity contribution in [3.8, 4) is 0 Å². The lowest BCUT2D eigenvalue weighted by Crippen LogP contribution is -2.51. The molecule has 128 valence electrons. The molecule has 24 heavy (non-hydrogen) atoms. The van der Waals surface area contributed by atoms with Gasteiger partial charge in [-0.1, -0.05) is 6.07 Å². The van der Waals surface area contributed by atoms with Crippen LogP contribution in [0, 0.1) is 12.7 Å². The normalized spacial score (nSPS) is 15.8. The van der Waals surface area contributed by atoms with E-state index >= 15 is 0 Å². The monoisotopic (exact) mass is 347 g/mol. The van der Waals surface area contributed by atoms with Crippen molar-refractivity contribution in [1.29, 1.82) is 0 Å². The molecule has 0 amide bonds. The van der Waals surface area contributed by atoms with Gasteiger partial charge < -0.3 is 15.5 Å².